The van der Waals surface area contributed by atoms with Crippen molar-refractivity contribution in [1.29, 1.82) is 0 Å². The third kappa shape index (κ3) is 4.68. The van der Waals surface area contributed by atoms with Gasteiger partial charge in [-0.2, -0.15) is 0 Å². The van der Waals surface area contributed by atoms with E-state index in [4.69, 9.17) is 4.84 Å². The number of fused-ring (bicyclic) bond motifs is 1. The highest BCUT2D eigenvalue weighted by Gasteiger charge is 2.29. The van der Waals surface area contributed by atoms with E-state index in [0.29, 0.717) is 17.0 Å². The second-order valence-corrected chi connectivity index (χ2v) is 8.27. The predicted molar refractivity (Wildman–Crippen MR) is 133 cm³/mol. The van der Waals surface area contributed by atoms with E-state index in [1.165, 1.54) is 7.11 Å². The minimum absolute atomic E-state index is 0.0733. The van der Waals surface area contributed by atoms with Gasteiger partial charge in [0.05, 0.1) is 0 Å². The molecule has 3 aromatic carbocycles. The lowest BCUT2D eigenvalue weighted by Gasteiger charge is -2.10. The van der Waals surface area contributed by atoms with Gasteiger partial charge in [0.25, 0.3) is 5.91 Å². The zero-order valence-electron chi connectivity index (χ0n) is 18.7. The van der Waals surface area contributed by atoms with Crippen LogP contribution in [-0.2, 0) is 9.63 Å². The maximum Gasteiger partial charge on any atom is 0.255 e. The molecule has 1 aromatic heterocycles. The highest BCUT2D eigenvalue weighted by molar-refractivity contribution is 6.13. The Labute approximate surface area is 196 Å². The fraction of sp³-hybridized carbons (Fsp3) is 0.148. The Bertz CT molecular complexity index is 1370. The first-order valence-corrected chi connectivity index (χ1v) is 11.1. The van der Waals surface area contributed by atoms with Crippen LogP contribution in [0, 0.1) is 5.92 Å². The summed E-state index contributed by atoms with van der Waals surface area (Å²) in [4.78, 5) is 32.9. The second kappa shape index (κ2) is 9.23. The van der Waals surface area contributed by atoms with E-state index in [0.717, 1.165) is 40.6 Å². The molecule has 170 valence electrons. The Morgan fingerprint density at radius 2 is 1.47 bits per heavy atom. The van der Waals surface area contributed by atoms with E-state index in [9.17, 15) is 9.59 Å². The first-order chi connectivity index (χ1) is 16.6. The van der Waals surface area contributed by atoms with Crippen molar-refractivity contribution in [3.8, 4) is 0 Å². The van der Waals surface area contributed by atoms with E-state index in [1.54, 1.807) is 6.07 Å². The number of amides is 2. The van der Waals surface area contributed by atoms with E-state index in [-0.39, 0.29) is 17.7 Å². The first-order valence-electron chi connectivity index (χ1n) is 11.1. The maximum atomic E-state index is 12.7. The molecule has 3 N–H and O–H groups in total. The average Bonchev–Trinajstić information content (AvgIpc) is 3.61. The highest BCUT2D eigenvalue weighted by Crippen LogP contribution is 2.30. The van der Waals surface area contributed by atoms with Crippen LogP contribution in [0.3, 0.4) is 0 Å². The van der Waals surface area contributed by atoms with Crippen LogP contribution in [0.4, 0.5) is 11.4 Å². The minimum Gasteiger partial charge on any atom is -0.399 e. The molecule has 0 bridgehead atoms. The van der Waals surface area contributed by atoms with Gasteiger partial charge in [-0.3, -0.25) is 9.59 Å². The van der Waals surface area contributed by atoms with Crippen LogP contribution in [0.1, 0.15) is 34.3 Å². The fourth-order valence-electron chi connectivity index (χ4n) is 3.77. The number of nitrogens with zero attached hydrogens (tertiary/aromatic N) is 1. The van der Waals surface area contributed by atoms with Crippen molar-refractivity contribution in [2.24, 2.45) is 11.1 Å². The summed E-state index contributed by atoms with van der Waals surface area (Å²) in [6.45, 7) is 0. The van der Waals surface area contributed by atoms with Crippen LogP contribution in [0.25, 0.3) is 10.9 Å². The summed E-state index contributed by atoms with van der Waals surface area (Å²) in [6.07, 6.45) is 3.78. The SMILES string of the molecule is CO/N=C(\c1ccc(NC(=O)c2ccc3[nH]ccc3c2)cc1)c1ccc(NC(=O)C2CC2)cc1. The van der Waals surface area contributed by atoms with Gasteiger partial charge >= 0.3 is 0 Å². The molecule has 5 rings (SSSR count). The summed E-state index contributed by atoms with van der Waals surface area (Å²) in [5.74, 6) is 0.0514. The molecule has 0 atom stereocenters. The summed E-state index contributed by atoms with van der Waals surface area (Å²) in [5, 5.41) is 11.1. The molecule has 1 aliphatic rings. The fourth-order valence-corrected chi connectivity index (χ4v) is 3.77. The van der Waals surface area contributed by atoms with Gasteiger partial charge in [-0.25, -0.2) is 0 Å². The number of aromatic nitrogens is 1. The molecule has 0 saturated heterocycles. The molecule has 1 aliphatic carbocycles. The third-order valence-corrected chi connectivity index (χ3v) is 5.79. The molecular weight excluding hydrogens is 428 g/mol. The van der Waals surface area contributed by atoms with Gasteiger partial charge in [0, 0.05) is 51.1 Å². The van der Waals surface area contributed by atoms with Crippen LogP contribution in [0.15, 0.2) is 84.1 Å². The number of benzene rings is 3. The van der Waals surface area contributed by atoms with E-state index in [2.05, 4.69) is 20.8 Å². The van der Waals surface area contributed by atoms with Crippen molar-refractivity contribution < 1.29 is 14.4 Å². The van der Waals surface area contributed by atoms with Crippen molar-refractivity contribution in [2.45, 2.75) is 12.8 Å². The molecule has 0 unspecified atom stereocenters. The van der Waals surface area contributed by atoms with Crippen molar-refractivity contribution in [2.75, 3.05) is 17.7 Å². The quantitative estimate of drug-likeness (QED) is 0.267. The largest absolute Gasteiger partial charge is 0.399 e. The molecule has 7 heteroatoms. The monoisotopic (exact) mass is 452 g/mol. The number of anilines is 2. The van der Waals surface area contributed by atoms with Crippen LogP contribution in [0.2, 0.25) is 0 Å². The van der Waals surface area contributed by atoms with Crippen molar-refractivity contribution >= 4 is 39.8 Å². The zero-order valence-corrected chi connectivity index (χ0v) is 18.7. The molecule has 0 radical (unpaired) electrons. The molecule has 2 amide bonds. The van der Waals surface area contributed by atoms with Gasteiger partial charge in [-0.1, -0.05) is 29.4 Å². The van der Waals surface area contributed by atoms with E-state index < -0.39 is 0 Å². The number of carbonyl (C=O) groups excluding carboxylic acids is 2. The zero-order chi connectivity index (χ0) is 23.5. The minimum atomic E-state index is -0.175. The summed E-state index contributed by atoms with van der Waals surface area (Å²) < 4.78 is 0. The summed E-state index contributed by atoms with van der Waals surface area (Å²) in [7, 11) is 1.50. The third-order valence-electron chi connectivity index (χ3n) is 5.79. The Balaban J connectivity index is 1.29. The van der Waals surface area contributed by atoms with Crippen molar-refractivity contribution in [1.82, 2.24) is 4.98 Å². The van der Waals surface area contributed by atoms with Crippen molar-refractivity contribution in [3.05, 3.63) is 95.7 Å². The second-order valence-electron chi connectivity index (χ2n) is 8.27. The molecule has 4 aromatic rings. The number of hydrogen-bond donors (Lipinski definition) is 3. The molecule has 1 saturated carbocycles. The molecular formula is C27H24N4O3. The van der Waals surface area contributed by atoms with Gasteiger partial charge in [-0.05, 0) is 61.4 Å². The average molecular weight is 453 g/mol. The lowest BCUT2D eigenvalue weighted by molar-refractivity contribution is -0.117. The Hall–Kier alpha value is -4.39. The standard InChI is InChI=1S/C27H24N4O3/c1-34-31-25(17-4-9-22(10-5-17)29-26(32)19-2-3-19)18-6-11-23(12-7-18)30-27(33)21-8-13-24-20(16-21)14-15-28-24/h4-16,19,28H,2-3H2,1H3,(H,29,32)(H,30,33)/b31-25-. The van der Waals surface area contributed by atoms with E-state index in [1.807, 2.05) is 72.9 Å². The lowest BCUT2D eigenvalue weighted by atomic mass is 10.0. The summed E-state index contributed by atoms with van der Waals surface area (Å²) >= 11 is 0. The Morgan fingerprint density at radius 1 is 0.853 bits per heavy atom. The summed E-state index contributed by atoms with van der Waals surface area (Å²) in [5.41, 5.74) is 5.35. The molecule has 1 heterocycles. The maximum absolute atomic E-state index is 12.7. The summed E-state index contributed by atoms with van der Waals surface area (Å²) in [6, 6.07) is 22.4. The number of nitrogens with one attached hydrogen (secondary N) is 3. The number of H-pyrrole nitrogens is 1. The molecule has 1 fully saturated rings. The normalized spacial score (nSPS) is 13.5. The number of hydrogen-bond acceptors (Lipinski definition) is 4. The molecule has 0 aliphatic heterocycles. The van der Waals surface area contributed by atoms with E-state index >= 15 is 0 Å². The molecule has 0 spiro atoms. The molecule has 7 nitrogen and oxygen atoms in total. The number of oxime groups is 1. The van der Waals surface area contributed by atoms with Crippen LogP contribution in [0.5, 0.6) is 0 Å². The van der Waals surface area contributed by atoms with Gasteiger partial charge in [-0.15, -0.1) is 0 Å². The van der Waals surface area contributed by atoms with Crippen LogP contribution in [-0.4, -0.2) is 29.6 Å². The predicted octanol–water partition coefficient (Wildman–Crippen LogP) is 5.17. The van der Waals surface area contributed by atoms with Gasteiger partial charge in [0.1, 0.15) is 12.8 Å². The van der Waals surface area contributed by atoms with Crippen LogP contribution < -0.4 is 10.6 Å². The van der Waals surface area contributed by atoms with Crippen LogP contribution >= 0.6 is 0 Å². The van der Waals surface area contributed by atoms with Gasteiger partial charge in [0.15, 0.2) is 0 Å². The topological polar surface area (TPSA) is 95.6 Å². The van der Waals surface area contributed by atoms with Crippen molar-refractivity contribution in [3.63, 3.8) is 0 Å². The number of carbonyl (C=O) groups is 2. The Morgan fingerprint density at radius 3 is 2.09 bits per heavy atom. The van der Waals surface area contributed by atoms with Gasteiger partial charge in [0.2, 0.25) is 5.91 Å². The highest BCUT2D eigenvalue weighted by atomic mass is 16.6. The smallest absolute Gasteiger partial charge is 0.255 e. The number of rotatable bonds is 7. The Kier molecular flexibility index (Phi) is 5.82. The molecule has 34 heavy (non-hydrogen) atoms. The first kappa shape index (κ1) is 21.5. The number of aromatic amines is 1. The van der Waals surface area contributed by atoms with Gasteiger partial charge < -0.3 is 20.5 Å². The lowest BCUT2D eigenvalue weighted by Crippen LogP contribution is -2.13.